The van der Waals surface area contributed by atoms with Crippen LogP contribution in [0.4, 0.5) is 5.82 Å². The van der Waals surface area contributed by atoms with Crippen molar-refractivity contribution in [2.75, 3.05) is 18.0 Å². The smallest absolute Gasteiger partial charge is 0.128 e. The van der Waals surface area contributed by atoms with Crippen LogP contribution in [0.3, 0.4) is 0 Å². The monoisotopic (exact) mass is 256 g/mol. The summed E-state index contributed by atoms with van der Waals surface area (Å²) in [6, 6.07) is 6.25. The van der Waals surface area contributed by atoms with Crippen LogP contribution in [0.25, 0.3) is 0 Å². The Hall–Kier alpha value is -1.84. The first-order chi connectivity index (χ1) is 9.20. The number of aryl methyl sites for hydroxylation is 2. The van der Waals surface area contributed by atoms with Crippen LogP contribution in [-0.4, -0.2) is 27.9 Å². The fraction of sp³-hybridized carbons (Fsp3) is 0.467. The second-order valence-electron chi connectivity index (χ2n) is 5.46. The standard InChI is InChI=1S/C15H20N4/c1-12-4-3-5-15(17-12)19-7-6-13(11-19)8-14-9-16-18(2)10-14/h3-5,9-10,13H,6-8,11H2,1-2H3. The third kappa shape index (κ3) is 2.78. The molecule has 4 nitrogen and oxygen atoms in total. The van der Waals surface area contributed by atoms with Crippen LogP contribution in [-0.2, 0) is 13.5 Å². The summed E-state index contributed by atoms with van der Waals surface area (Å²) < 4.78 is 1.88. The number of nitrogens with zero attached hydrogens (tertiary/aromatic N) is 4. The van der Waals surface area contributed by atoms with E-state index in [1.165, 1.54) is 12.0 Å². The SMILES string of the molecule is Cc1cccc(N2CCC(Cc3cnn(C)c3)C2)n1. The van der Waals surface area contributed by atoms with Gasteiger partial charge in [-0.15, -0.1) is 0 Å². The van der Waals surface area contributed by atoms with Crippen molar-refractivity contribution < 1.29 is 0 Å². The molecule has 19 heavy (non-hydrogen) atoms. The van der Waals surface area contributed by atoms with Gasteiger partial charge in [-0.25, -0.2) is 4.98 Å². The molecule has 3 heterocycles. The molecule has 0 radical (unpaired) electrons. The fourth-order valence-electron chi connectivity index (χ4n) is 2.82. The molecule has 0 saturated carbocycles. The van der Waals surface area contributed by atoms with E-state index < -0.39 is 0 Å². The quantitative estimate of drug-likeness (QED) is 0.844. The van der Waals surface area contributed by atoms with Gasteiger partial charge < -0.3 is 4.90 Å². The molecule has 0 aliphatic carbocycles. The third-order valence-electron chi connectivity index (χ3n) is 3.77. The van der Waals surface area contributed by atoms with E-state index in [1.54, 1.807) is 0 Å². The van der Waals surface area contributed by atoms with E-state index in [1.807, 2.05) is 30.9 Å². The van der Waals surface area contributed by atoms with Crippen molar-refractivity contribution in [3.05, 3.63) is 41.9 Å². The van der Waals surface area contributed by atoms with Crippen molar-refractivity contribution in [1.82, 2.24) is 14.8 Å². The summed E-state index contributed by atoms with van der Waals surface area (Å²) >= 11 is 0. The van der Waals surface area contributed by atoms with Crippen LogP contribution in [0.2, 0.25) is 0 Å². The normalized spacial score (nSPS) is 19.1. The van der Waals surface area contributed by atoms with Gasteiger partial charge in [-0.3, -0.25) is 4.68 Å². The van der Waals surface area contributed by atoms with Crippen molar-refractivity contribution >= 4 is 5.82 Å². The molecule has 1 unspecified atom stereocenters. The van der Waals surface area contributed by atoms with E-state index in [-0.39, 0.29) is 0 Å². The first kappa shape index (κ1) is 12.2. The summed E-state index contributed by atoms with van der Waals surface area (Å²) in [5.41, 5.74) is 2.43. The minimum atomic E-state index is 0.714. The molecule has 1 fully saturated rings. The zero-order valence-electron chi connectivity index (χ0n) is 11.6. The van der Waals surface area contributed by atoms with Gasteiger partial charge in [0.05, 0.1) is 6.20 Å². The molecule has 1 saturated heterocycles. The lowest BCUT2D eigenvalue weighted by atomic mass is 10.0. The van der Waals surface area contributed by atoms with E-state index in [0.29, 0.717) is 5.92 Å². The van der Waals surface area contributed by atoms with E-state index >= 15 is 0 Å². The lowest BCUT2D eigenvalue weighted by Gasteiger charge is -2.17. The topological polar surface area (TPSA) is 34.0 Å². The van der Waals surface area contributed by atoms with E-state index in [4.69, 9.17) is 0 Å². The second-order valence-corrected chi connectivity index (χ2v) is 5.46. The highest BCUT2D eigenvalue weighted by atomic mass is 15.2. The van der Waals surface area contributed by atoms with Gasteiger partial charge in [-0.2, -0.15) is 5.10 Å². The Kier molecular flexibility index (Phi) is 3.23. The van der Waals surface area contributed by atoms with E-state index in [2.05, 4.69) is 33.3 Å². The van der Waals surface area contributed by atoms with Crippen molar-refractivity contribution in [2.24, 2.45) is 13.0 Å². The molecule has 1 atom stereocenters. The summed E-state index contributed by atoms with van der Waals surface area (Å²) in [6.07, 6.45) is 6.46. The molecule has 0 N–H and O–H groups in total. The van der Waals surface area contributed by atoms with Gasteiger partial charge in [0.15, 0.2) is 0 Å². The van der Waals surface area contributed by atoms with Crippen molar-refractivity contribution in [3.63, 3.8) is 0 Å². The zero-order chi connectivity index (χ0) is 13.2. The van der Waals surface area contributed by atoms with Crippen LogP contribution >= 0.6 is 0 Å². The minimum absolute atomic E-state index is 0.714. The molecule has 0 aromatic carbocycles. The average molecular weight is 256 g/mol. The van der Waals surface area contributed by atoms with Crippen LogP contribution in [0, 0.1) is 12.8 Å². The van der Waals surface area contributed by atoms with Gasteiger partial charge in [0, 0.05) is 32.0 Å². The van der Waals surface area contributed by atoms with Crippen molar-refractivity contribution in [3.8, 4) is 0 Å². The molecule has 100 valence electrons. The van der Waals surface area contributed by atoms with Gasteiger partial charge in [-0.1, -0.05) is 6.07 Å². The summed E-state index contributed by atoms with van der Waals surface area (Å²) in [5.74, 6) is 1.83. The number of anilines is 1. The van der Waals surface area contributed by atoms with E-state index in [0.717, 1.165) is 31.0 Å². The highest BCUT2D eigenvalue weighted by Gasteiger charge is 2.23. The lowest BCUT2D eigenvalue weighted by Crippen LogP contribution is -2.21. The molecule has 0 spiro atoms. The Bertz CT molecular complexity index is 561. The molecule has 2 aromatic rings. The molecular formula is C15H20N4. The van der Waals surface area contributed by atoms with Gasteiger partial charge in [-0.05, 0) is 43.4 Å². The molecule has 3 rings (SSSR count). The number of hydrogen-bond acceptors (Lipinski definition) is 3. The maximum absolute atomic E-state index is 4.61. The predicted molar refractivity (Wildman–Crippen MR) is 76.2 cm³/mol. The predicted octanol–water partition coefficient (Wildman–Crippen LogP) is 2.19. The molecule has 0 bridgehead atoms. The van der Waals surface area contributed by atoms with Crippen LogP contribution < -0.4 is 4.90 Å². The molecule has 4 heteroatoms. The summed E-state index contributed by atoms with van der Waals surface area (Å²) in [6.45, 7) is 4.26. The number of hydrogen-bond donors (Lipinski definition) is 0. The molecule has 1 aliphatic rings. The minimum Gasteiger partial charge on any atom is -0.356 e. The molecule has 2 aromatic heterocycles. The Balaban J connectivity index is 1.64. The van der Waals surface area contributed by atoms with Gasteiger partial charge in [0.2, 0.25) is 0 Å². The van der Waals surface area contributed by atoms with Crippen LogP contribution in [0.1, 0.15) is 17.7 Å². The van der Waals surface area contributed by atoms with Gasteiger partial charge in [0.25, 0.3) is 0 Å². The van der Waals surface area contributed by atoms with Crippen LogP contribution in [0.15, 0.2) is 30.6 Å². The number of rotatable bonds is 3. The number of aromatic nitrogens is 3. The lowest BCUT2D eigenvalue weighted by molar-refractivity contribution is 0.586. The Morgan fingerprint density at radius 2 is 2.26 bits per heavy atom. The first-order valence-corrected chi connectivity index (χ1v) is 6.87. The second kappa shape index (κ2) is 5.03. The van der Waals surface area contributed by atoms with Gasteiger partial charge in [0.1, 0.15) is 5.82 Å². The summed E-state index contributed by atoms with van der Waals surface area (Å²) in [7, 11) is 1.97. The third-order valence-corrected chi connectivity index (χ3v) is 3.77. The summed E-state index contributed by atoms with van der Waals surface area (Å²) in [4.78, 5) is 7.01. The molecule has 0 amide bonds. The van der Waals surface area contributed by atoms with Gasteiger partial charge >= 0.3 is 0 Å². The Morgan fingerprint density at radius 3 is 3.00 bits per heavy atom. The highest BCUT2D eigenvalue weighted by molar-refractivity contribution is 5.40. The number of pyridine rings is 1. The fourth-order valence-corrected chi connectivity index (χ4v) is 2.82. The average Bonchev–Trinajstić information content (AvgIpc) is 2.99. The largest absolute Gasteiger partial charge is 0.356 e. The van der Waals surface area contributed by atoms with Crippen molar-refractivity contribution in [2.45, 2.75) is 19.8 Å². The van der Waals surface area contributed by atoms with Crippen molar-refractivity contribution in [1.29, 1.82) is 0 Å². The first-order valence-electron chi connectivity index (χ1n) is 6.87. The maximum Gasteiger partial charge on any atom is 0.128 e. The maximum atomic E-state index is 4.61. The highest BCUT2D eigenvalue weighted by Crippen LogP contribution is 2.24. The van der Waals surface area contributed by atoms with E-state index in [9.17, 15) is 0 Å². The molecule has 1 aliphatic heterocycles. The van der Waals surface area contributed by atoms with Crippen LogP contribution in [0.5, 0.6) is 0 Å². The molecular weight excluding hydrogens is 236 g/mol. The summed E-state index contributed by atoms with van der Waals surface area (Å²) in [5, 5.41) is 4.24. The Labute approximate surface area is 114 Å². The zero-order valence-corrected chi connectivity index (χ0v) is 11.6. The Morgan fingerprint density at radius 1 is 1.37 bits per heavy atom.